The maximum Gasteiger partial charge on any atom is 0.321 e. The molecule has 1 aliphatic rings. The Bertz CT molecular complexity index is 495. The molecular weight excluding hydrogens is 286 g/mol. The minimum absolute atomic E-state index is 0.0117. The third-order valence-corrected chi connectivity index (χ3v) is 4.50. The van der Waals surface area contributed by atoms with Crippen LogP contribution in [0.1, 0.15) is 52.5 Å². The molecule has 0 aliphatic carbocycles. The number of urea groups is 1. The highest BCUT2D eigenvalue weighted by atomic mass is 32.1. The van der Waals surface area contributed by atoms with Crippen molar-refractivity contribution in [2.75, 3.05) is 5.32 Å². The summed E-state index contributed by atoms with van der Waals surface area (Å²) in [5.41, 5.74) is 0.0234. The van der Waals surface area contributed by atoms with Gasteiger partial charge in [0.15, 0.2) is 0 Å². The van der Waals surface area contributed by atoms with Crippen LogP contribution < -0.4 is 16.0 Å². The first-order valence-electron chi connectivity index (χ1n) is 7.38. The second kappa shape index (κ2) is 5.88. The minimum atomic E-state index is -0.202. The summed E-state index contributed by atoms with van der Waals surface area (Å²) in [7, 11) is 0. The lowest BCUT2D eigenvalue weighted by atomic mass is 9.80. The van der Waals surface area contributed by atoms with Crippen LogP contribution >= 0.6 is 11.3 Å². The van der Waals surface area contributed by atoms with Gasteiger partial charge in [-0.3, -0.25) is 5.32 Å². The molecule has 1 aromatic rings. The molecule has 3 N–H and O–H groups in total. The van der Waals surface area contributed by atoms with Gasteiger partial charge in [-0.25, -0.2) is 4.79 Å². The fraction of sp³-hybridized carbons (Fsp3) is 0.786. The molecule has 0 unspecified atom stereocenters. The monoisotopic (exact) mass is 311 g/mol. The van der Waals surface area contributed by atoms with Crippen LogP contribution in [-0.2, 0) is 6.42 Å². The summed E-state index contributed by atoms with van der Waals surface area (Å²) in [6.07, 6.45) is 2.64. The van der Waals surface area contributed by atoms with E-state index in [1.54, 1.807) is 0 Å². The second-order valence-corrected chi connectivity index (χ2v) is 8.01. The molecule has 0 bridgehead atoms. The molecule has 2 rings (SSSR count). The largest absolute Gasteiger partial charge is 0.335 e. The van der Waals surface area contributed by atoms with Crippen LogP contribution in [0.5, 0.6) is 0 Å². The molecular formula is C14H25N5OS. The standard InChI is InChI=1S/C14H25N5OS/c1-6-10-17-18-12(21-10)16-11(20)15-9-7-13(2,3)19-14(4,5)8-9/h9,19H,6-8H2,1-5H3,(H2,15,16,18,20). The van der Waals surface area contributed by atoms with Gasteiger partial charge in [0.1, 0.15) is 5.01 Å². The van der Waals surface area contributed by atoms with E-state index >= 15 is 0 Å². The second-order valence-electron chi connectivity index (χ2n) is 6.95. The van der Waals surface area contributed by atoms with Crippen molar-refractivity contribution in [3.05, 3.63) is 5.01 Å². The summed E-state index contributed by atoms with van der Waals surface area (Å²) in [6.45, 7) is 10.7. The van der Waals surface area contributed by atoms with Gasteiger partial charge in [-0.05, 0) is 47.0 Å². The van der Waals surface area contributed by atoms with Gasteiger partial charge in [0, 0.05) is 17.1 Å². The van der Waals surface area contributed by atoms with Crippen LogP contribution in [0, 0.1) is 0 Å². The van der Waals surface area contributed by atoms with Crippen molar-refractivity contribution < 1.29 is 4.79 Å². The highest BCUT2D eigenvalue weighted by Crippen LogP contribution is 2.28. The fourth-order valence-corrected chi connectivity index (χ4v) is 3.86. The molecule has 1 fully saturated rings. The highest BCUT2D eigenvalue weighted by Gasteiger charge is 2.38. The van der Waals surface area contributed by atoms with E-state index in [-0.39, 0.29) is 23.2 Å². The van der Waals surface area contributed by atoms with Gasteiger partial charge >= 0.3 is 6.03 Å². The zero-order valence-corrected chi connectivity index (χ0v) is 14.2. The van der Waals surface area contributed by atoms with Gasteiger partial charge in [0.2, 0.25) is 5.13 Å². The number of hydrogen-bond donors (Lipinski definition) is 3. The van der Waals surface area contributed by atoms with Crippen molar-refractivity contribution in [1.82, 2.24) is 20.8 Å². The van der Waals surface area contributed by atoms with Crippen molar-refractivity contribution in [2.45, 2.75) is 71.0 Å². The van der Waals surface area contributed by atoms with E-state index in [2.05, 4.69) is 53.8 Å². The number of aromatic nitrogens is 2. The first-order chi connectivity index (χ1) is 9.69. The summed E-state index contributed by atoms with van der Waals surface area (Å²) in [5.74, 6) is 0. The normalized spacial score (nSPS) is 21.0. The lowest BCUT2D eigenvalue weighted by molar-refractivity contribution is 0.149. The van der Waals surface area contributed by atoms with Crippen LogP contribution in [-0.4, -0.2) is 33.3 Å². The molecule has 2 amide bonds. The quantitative estimate of drug-likeness (QED) is 0.801. The number of nitrogens with zero attached hydrogens (tertiary/aromatic N) is 2. The summed E-state index contributed by atoms with van der Waals surface area (Å²) in [4.78, 5) is 12.1. The lowest BCUT2D eigenvalue weighted by Gasteiger charge is -2.46. The summed E-state index contributed by atoms with van der Waals surface area (Å²) in [6, 6.07) is -0.0536. The molecule has 1 aromatic heterocycles. The van der Waals surface area contributed by atoms with Crippen molar-refractivity contribution in [1.29, 1.82) is 0 Å². The molecule has 0 spiro atoms. The Hall–Kier alpha value is -1.21. The molecule has 2 heterocycles. The van der Waals surface area contributed by atoms with Crippen molar-refractivity contribution in [2.24, 2.45) is 0 Å². The average Bonchev–Trinajstić information content (AvgIpc) is 2.71. The molecule has 6 nitrogen and oxygen atoms in total. The SMILES string of the molecule is CCc1nnc(NC(=O)NC2CC(C)(C)NC(C)(C)C2)s1. The van der Waals surface area contributed by atoms with Gasteiger partial charge in [-0.1, -0.05) is 18.3 Å². The molecule has 0 atom stereocenters. The Balaban J connectivity index is 1.92. The molecule has 0 saturated carbocycles. The first-order valence-corrected chi connectivity index (χ1v) is 8.20. The Morgan fingerprint density at radius 2 is 1.90 bits per heavy atom. The number of carbonyl (C=O) groups is 1. The van der Waals surface area contributed by atoms with Crippen LogP contribution in [0.4, 0.5) is 9.93 Å². The number of aryl methyl sites for hydroxylation is 1. The van der Waals surface area contributed by atoms with Crippen LogP contribution in [0.2, 0.25) is 0 Å². The van der Waals surface area contributed by atoms with Gasteiger partial charge in [-0.2, -0.15) is 0 Å². The average molecular weight is 311 g/mol. The van der Waals surface area contributed by atoms with E-state index in [0.717, 1.165) is 24.3 Å². The molecule has 0 radical (unpaired) electrons. The Labute approximate surface area is 130 Å². The summed E-state index contributed by atoms with van der Waals surface area (Å²) < 4.78 is 0. The van der Waals surface area contributed by atoms with Gasteiger partial charge in [-0.15, -0.1) is 10.2 Å². The van der Waals surface area contributed by atoms with E-state index in [4.69, 9.17) is 0 Å². The number of amides is 2. The smallest absolute Gasteiger partial charge is 0.321 e. The van der Waals surface area contributed by atoms with Gasteiger partial charge in [0.05, 0.1) is 0 Å². The molecule has 118 valence electrons. The molecule has 1 aliphatic heterocycles. The zero-order chi connectivity index (χ0) is 15.7. The number of hydrogen-bond acceptors (Lipinski definition) is 5. The number of piperidine rings is 1. The minimum Gasteiger partial charge on any atom is -0.335 e. The molecule has 21 heavy (non-hydrogen) atoms. The van der Waals surface area contributed by atoms with Crippen LogP contribution in [0.15, 0.2) is 0 Å². The number of carbonyl (C=O) groups excluding carboxylic acids is 1. The molecule has 7 heteroatoms. The fourth-order valence-electron chi connectivity index (χ4n) is 3.19. The lowest BCUT2D eigenvalue weighted by Crippen LogP contribution is -2.62. The third-order valence-electron chi connectivity index (χ3n) is 3.52. The van der Waals surface area contributed by atoms with E-state index in [1.807, 2.05) is 6.92 Å². The summed E-state index contributed by atoms with van der Waals surface area (Å²) in [5, 5.41) is 18.9. The molecule has 0 aromatic carbocycles. The van der Waals surface area contributed by atoms with E-state index in [9.17, 15) is 4.79 Å². The Kier molecular flexibility index (Phi) is 4.53. The van der Waals surface area contributed by atoms with Crippen LogP contribution in [0.25, 0.3) is 0 Å². The van der Waals surface area contributed by atoms with Crippen LogP contribution in [0.3, 0.4) is 0 Å². The van der Waals surface area contributed by atoms with Crippen molar-refractivity contribution in [3.63, 3.8) is 0 Å². The Morgan fingerprint density at radius 1 is 1.29 bits per heavy atom. The Morgan fingerprint density at radius 3 is 2.43 bits per heavy atom. The number of anilines is 1. The van der Waals surface area contributed by atoms with E-state index in [1.165, 1.54) is 11.3 Å². The van der Waals surface area contributed by atoms with E-state index < -0.39 is 0 Å². The van der Waals surface area contributed by atoms with E-state index in [0.29, 0.717) is 5.13 Å². The first kappa shape index (κ1) is 16.2. The number of nitrogens with one attached hydrogen (secondary N) is 3. The topological polar surface area (TPSA) is 78.9 Å². The zero-order valence-electron chi connectivity index (χ0n) is 13.4. The summed E-state index contributed by atoms with van der Waals surface area (Å²) >= 11 is 1.42. The molecule has 1 saturated heterocycles. The maximum absolute atomic E-state index is 12.1. The van der Waals surface area contributed by atoms with Gasteiger partial charge in [0.25, 0.3) is 0 Å². The van der Waals surface area contributed by atoms with Crippen molar-refractivity contribution >= 4 is 22.5 Å². The number of rotatable bonds is 3. The maximum atomic E-state index is 12.1. The van der Waals surface area contributed by atoms with Gasteiger partial charge < -0.3 is 10.6 Å². The highest BCUT2D eigenvalue weighted by molar-refractivity contribution is 7.15. The predicted octanol–water partition coefficient (Wildman–Crippen LogP) is 2.53. The van der Waals surface area contributed by atoms with Crippen molar-refractivity contribution in [3.8, 4) is 0 Å². The predicted molar refractivity (Wildman–Crippen MR) is 85.8 cm³/mol. The third kappa shape index (κ3) is 4.64.